The summed E-state index contributed by atoms with van der Waals surface area (Å²) in [4.78, 5) is 12.1. The van der Waals surface area contributed by atoms with Crippen LogP contribution in [0.5, 0.6) is 0 Å². The lowest BCUT2D eigenvalue weighted by Gasteiger charge is -2.24. The fourth-order valence-corrected chi connectivity index (χ4v) is 4.59. The molecular formula is C15H19N3O4S2. The zero-order valence-electron chi connectivity index (χ0n) is 13.6. The van der Waals surface area contributed by atoms with E-state index in [0.29, 0.717) is 5.56 Å². The van der Waals surface area contributed by atoms with Gasteiger partial charge in [0.1, 0.15) is 0 Å². The van der Waals surface area contributed by atoms with Crippen molar-refractivity contribution in [3.8, 4) is 0 Å². The largest absolute Gasteiger partial charge is 0.301 e. The number of benzene rings is 1. The fraction of sp³-hybridized carbons (Fsp3) is 0.333. The molecule has 0 spiro atoms. The third-order valence-corrected chi connectivity index (χ3v) is 5.99. The van der Waals surface area contributed by atoms with Crippen molar-refractivity contribution in [2.75, 3.05) is 20.6 Å². The molecule has 130 valence electrons. The van der Waals surface area contributed by atoms with Gasteiger partial charge in [0.25, 0.3) is 5.69 Å². The van der Waals surface area contributed by atoms with Crippen molar-refractivity contribution < 1.29 is 13.3 Å². The van der Waals surface area contributed by atoms with Crippen LogP contribution in [0.1, 0.15) is 17.2 Å². The summed E-state index contributed by atoms with van der Waals surface area (Å²) in [6, 6.07) is 5.99. The Bertz CT molecular complexity index is 817. The van der Waals surface area contributed by atoms with E-state index in [0.717, 1.165) is 5.56 Å². The lowest BCUT2D eigenvalue weighted by molar-refractivity contribution is -0.387. The van der Waals surface area contributed by atoms with E-state index in [1.807, 2.05) is 35.8 Å². The summed E-state index contributed by atoms with van der Waals surface area (Å²) < 4.78 is 27.8. The number of nitro benzene ring substituents is 1. The number of likely N-dealkylation sites (N-methyl/N-ethyl adjacent to an activating group) is 1. The summed E-state index contributed by atoms with van der Waals surface area (Å²) in [5.41, 5.74) is 0.917. The van der Waals surface area contributed by atoms with Crippen LogP contribution < -0.4 is 4.72 Å². The summed E-state index contributed by atoms with van der Waals surface area (Å²) in [5.74, 6) is 0. The van der Waals surface area contributed by atoms with E-state index in [1.165, 1.54) is 23.5 Å². The van der Waals surface area contributed by atoms with Gasteiger partial charge in [0.15, 0.2) is 4.90 Å². The monoisotopic (exact) mass is 369 g/mol. The molecule has 0 aliphatic carbocycles. The zero-order chi connectivity index (χ0) is 17.9. The number of aryl methyl sites for hydroxylation is 1. The van der Waals surface area contributed by atoms with Gasteiger partial charge in [0.05, 0.1) is 4.92 Å². The minimum absolute atomic E-state index is 0.123. The molecule has 2 aromatic rings. The zero-order valence-corrected chi connectivity index (χ0v) is 15.2. The van der Waals surface area contributed by atoms with Gasteiger partial charge in [-0.15, -0.1) is 0 Å². The van der Waals surface area contributed by atoms with Crippen molar-refractivity contribution >= 4 is 27.0 Å². The SMILES string of the molecule is Cc1cccc([N+](=O)[O-])c1S(=O)(=O)NC[C@H](c1ccsc1)N(C)C. The van der Waals surface area contributed by atoms with Gasteiger partial charge in [-0.05, 0) is 49.0 Å². The van der Waals surface area contributed by atoms with E-state index >= 15 is 0 Å². The highest BCUT2D eigenvalue weighted by atomic mass is 32.2. The molecule has 2 rings (SSSR count). The Hall–Kier alpha value is -1.81. The topological polar surface area (TPSA) is 92.5 Å². The highest BCUT2D eigenvalue weighted by molar-refractivity contribution is 7.89. The first-order valence-corrected chi connectivity index (χ1v) is 9.59. The Labute approximate surface area is 145 Å². The molecule has 0 aliphatic rings. The molecule has 7 nitrogen and oxygen atoms in total. The summed E-state index contributed by atoms with van der Waals surface area (Å²) >= 11 is 1.53. The van der Waals surface area contributed by atoms with E-state index in [1.54, 1.807) is 13.0 Å². The number of hydrogen-bond donors (Lipinski definition) is 1. The van der Waals surface area contributed by atoms with E-state index in [4.69, 9.17) is 0 Å². The molecule has 0 bridgehead atoms. The summed E-state index contributed by atoms with van der Waals surface area (Å²) in [7, 11) is -0.293. The van der Waals surface area contributed by atoms with Gasteiger partial charge in [-0.3, -0.25) is 10.1 Å². The second-order valence-corrected chi connectivity index (χ2v) is 8.05. The first kappa shape index (κ1) is 18.5. The van der Waals surface area contributed by atoms with Crippen LogP contribution in [0.25, 0.3) is 0 Å². The second kappa shape index (κ2) is 7.39. The van der Waals surface area contributed by atoms with E-state index in [9.17, 15) is 18.5 Å². The number of nitro groups is 1. The van der Waals surface area contributed by atoms with Crippen molar-refractivity contribution in [2.24, 2.45) is 0 Å². The first-order chi connectivity index (χ1) is 11.2. The molecular weight excluding hydrogens is 350 g/mol. The van der Waals surface area contributed by atoms with E-state index < -0.39 is 20.6 Å². The van der Waals surface area contributed by atoms with Gasteiger partial charge in [-0.25, -0.2) is 13.1 Å². The average molecular weight is 369 g/mol. The molecule has 1 aromatic heterocycles. The van der Waals surface area contributed by atoms with Crippen molar-refractivity contribution in [3.63, 3.8) is 0 Å². The molecule has 0 saturated heterocycles. The molecule has 0 aliphatic heterocycles. The number of rotatable bonds is 7. The molecule has 0 radical (unpaired) electrons. The van der Waals surface area contributed by atoms with Crippen LogP contribution in [0.4, 0.5) is 5.69 Å². The average Bonchev–Trinajstić information content (AvgIpc) is 3.00. The molecule has 24 heavy (non-hydrogen) atoms. The van der Waals surface area contributed by atoms with Crippen molar-refractivity contribution in [3.05, 3.63) is 56.3 Å². The van der Waals surface area contributed by atoms with Crippen LogP contribution in [0.15, 0.2) is 39.9 Å². The van der Waals surface area contributed by atoms with Crippen molar-refractivity contribution in [2.45, 2.75) is 17.9 Å². The molecule has 0 unspecified atom stereocenters. The van der Waals surface area contributed by atoms with Crippen molar-refractivity contribution in [1.82, 2.24) is 9.62 Å². The second-order valence-electron chi connectivity index (χ2n) is 5.57. The maximum atomic E-state index is 12.6. The van der Waals surface area contributed by atoms with Crippen LogP contribution in [0, 0.1) is 17.0 Å². The number of hydrogen-bond acceptors (Lipinski definition) is 6. The summed E-state index contributed by atoms with van der Waals surface area (Å²) in [5, 5.41) is 15.0. The molecule has 0 amide bonds. The van der Waals surface area contributed by atoms with Gasteiger partial charge >= 0.3 is 0 Å². The van der Waals surface area contributed by atoms with E-state index in [-0.39, 0.29) is 17.5 Å². The maximum absolute atomic E-state index is 12.6. The Kier molecular flexibility index (Phi) is 5.70. The Morgan fingerprint density at radius 3 is 2.58 bits per heavy atom. The van der Waals surface area contributed by atoms with Gasteiger partial charge in [0, 0.05) is 18.7 Å². The van der Waals surface area contributed by atoms with Crippen LogP contribution in [0.2, 0.25) is 0 Å². The van der Waals surface area contributed by atoms with Crippen LogP contribution in [-0.4, -0.2) is 38.9 Å². The van der Waals surface area contributed by atoms with E-state index in [2.05, 4.69) is 4.72 Å². The number of thiophene rings is 1. The molecule has 1 heterocycles. The van der Waals surface area contributed by atoms with Gasteiger partial charge in [0.2, 0.25) is 10.0 Å². The molecule has 1 atom stereocenters. The van der Waals surface area contributed by atoms with Gasteiger partial charge < -0.3 is 4.90 Å². The van der Waals surface area contributed by atoms with Crippen LogP contribution in [-0.2, 0) is 10.0 Å². The predicted molar refractivity (Wildman–Crippen MR) is 93.8 cm³/mol. The minimum atomic E-state index is -4.00. The van der Waals surface area contributed by atoms with Crippen molar-refractivity contribution in [1.29, 1.82) is 0 Å². The normalized spacial score (nSPS) is 13.2. The molecule has 1 aromatic carbocycles. The number of nitrogens with one attached hydrogen (secondary N) is 1. The highest BCUT2D eigenvalue weighted by Gasteiger charge is 2.28. The quantitative estimate of drug-likeness (QED) is 0.598. The summed E-state index contributed by atoms with van der Waals surface area (Å²) in [6.07, 6.45) is 0. The molecule has 9 heteroatoms. The number of nitrogens with zero attached hydrogens (tertiary/aromatic N) is 2. The van der Waals surface area contributed by atoms with Gasteiger partial charge in [-0.1, -0.05) is 12.1 Å². The Morgan fingerprint density at radius 2 is 2.04 bits per heavy atom. The Balaban J connectivity index is 2.31. The van der Waals surface area contributed by atoms with Gasteiger partial charge in [-0.2, -0.15) is 11.3 Å². The molecule has 0 saturated carbocycles. The molecule has 1 N–H and O–H groups in total. The standard InChI is InChI=1S/C15H19N3O4S2/c1-11-5-4-6-13(18(19)20)15(11)24(21,22)16-9-14(17(2)3)12-7-8-23-10-12/h4-8,10,14,16H,9H2,1-3H3/t14-/m1/s1. The lowest BCUT2D eigenvalue weighted by Crippen LogP contribution is -2.34. The minimum Gasteiger partial charge on any atom is -0.301 e. The maximum Gasteiger partial charge on any atom is 0.289 e. The van der Waals surface area contributed by atoms with Crippen LogP contribution in [0.3, 0.4) is 0 Å². The Morgan fingerprint density at radius 1 is 1.33 bits per heavy atom. The van der Waals surface area contributed by atoms with Crippen LogP contribution >= 0.6 is 11.3 Å². The third kappa shape index (κ3) is 3.99. The third-order valence-electron chi connectivity index (χ3n) is 3.67. The molecule has 0 fully saturated rings. The first-order valence-electron chi connectivity index (χ1n) is 7.16. The highest BCUT2D eigenvalue weighted by Crippen LogP contribution is 2.27. The lowest BCUT2D eigenvalue weighted by atomic mass is 10.1. The summed E-state index contributed by atoms with van der Waals surface area (Å²) in [6.45, 7) is 1.67. The predicted octanol–water partition coefficient (Wildman–Crippen LogP) is 2.55. The number of sulfonamides is 1. The smallest absolute Gasteiger partial charge is 0.289 e. The fourth-order valence-electron chi connectivity index (χ4n) is 2.45.